The monoisotopic (exact) mass is 317 g/mol. The quantitative estimate of drug-likeness (QED) is 0.921. The molecule has 0 atom stereocenters. The van der Waals surface area contributed by atoms with E-state index in [1.54, 1.807) is 12.1 Å². The largest absolute Gasteiger partial charge is 0.268 e. The van der Waals surface area contributed by atoms with Crippen LogP contribution in [0.15, 0.2) is 30.5 Å². The number of aromatic nitrogens is 2. The average Bonchev–Trinajstić information content (AvgIpc) is 2.81. The van der Waals surface area contributed by atoms with Crippen LogP contribution in [0.25, 0.3) is 0 Å². The van der Waals surface area contributed by atoms with E-state index in [9.17, 15) is 12.8 Å². The second-order valence-electron chi connectivity index (χ2n) is 4.13. The van der Waals surface area contributed by atoms with Crippen molar-refractivity contribution in [1.82, 2.24) is 9.78 Å². The summed E-state index contributed by atoms with van der Waals surface area (Å²) < 4.78 is 40.3. The lowest BCUT2D eigenvalue weighted by atomic mass is 10.2. The topological polar surface area (TPSA) is 64.0 Å². The number of nitrogens with zero attached hydrogens (tertiary/aromatic N) is 2. The Morgan fingerprint density at radius 1 is 1.40 bits per heavy atom. The maximum absolute atomic E-state index is 13.4. The number of hydrogen-bond acceptors (Lipinski definition) is 3. The van der Waals surface area contributed by atoms with Crippen LogP contribution in [0, 0.1) is 5.82 Å². The summed E-state index contributed by atoms with van der Waals surface area (Å²) in [6.45, 7) is 1.78. The van der Waals surface area contributed by atoms with Crippen molar-refractivity contribution in [1.29, 1.82) is 0 Å². The van der Waals surface area contributed by atoms with Crippen LogP contribution in [0.1, 0.15) is 12.5 Å². The molecule has 1 aromatic heterocycles. The van der Waals surface area contributed by atoms with Gasteiger partial charge in [0.1, 0.15) is 11.6 Å². The molecule has 108 valence electrons. The Morgan fingerprint density at radius 3 is 2.80 bits per heavy atom. The van der Waals surface area contributed by atoms with Crippen LogP contribution >= 0.6 is 11.6 Å². The number of anilines is 1. The third-order valence-electron chi connectivity index (χ3n) is 2.67. The van der Waals surface area contributed by atoms with Crippen LogP contribution < -0.4 is 4.72 Å². The predicted octanol–water partition coefficient (Wildman–Crippen LogP) is 2.49. The number of hydrogen-bond donors (Lipinski definition) is 1. The molecule has 5 nitrogen and oxygen atoms in total. The second-order valence-corrected chi connectivity index (χ2v) is 6.55. The summed E-state index contributed by atoms with van der Waals surface area (Å²) in [5.41, 5.74) is 0.632. The van der Waals surface area contributed by atoms with Crippen molar-refractivity contribution in [3.8, 4) is 0 Å². The molecule has 0 aliphatic carbocycles. The van der Waals surface area contributed by atoms with Gasteiger partial charge in [-0.1, -0.05) is 17.7 Å². The third-order valence-corrected chi connectivity index (χ3v) is 4.26. The zero-order valence-corrected chi connectivity index (χ0v) is 12.2. The van der Waals surface area contributed by atoms with Crippen LogP contribution in [0.3, 0.4) is 0 Å². The van der Waals surface area contributed by atoms with E-state index in [0.717, 1.165) is 0 Å². The van der Waals surface area contributed by atoms with Crippen LogP contribution in [0.5, 0.6) is 0 Å². The zero-order chi connectivity index (χ0) is 14.8. The van der Waals surface area contributed by atoms with Gasteiger partial charge in [-0.2, -0.15) is 5.10 Å². The van der Waals surface area contributed by atoms with Crippen molar-refractivity contribution >= 4 is 27.4 Å². The fraction of sp³-hybridized carbons (Fsp3) is 0.250. The van der Waals surface area contributed by atoms with Gasteiger partial charge < -0.3 is 0 Å². The van der Waals surface area contributed by atoms with Gasteiger partial charge >= 0.3 is 0 Å². The van der Waals surface area contributed by atoms with Gasteiger partial charge in [0.25, 0.3) is 0 Å². The molecule has 1 heterocycles. The minimum Gasteiger partial charge on any atom is -0.268 e. The van der Waals surface area contributed by atoms with Crippen molar-refractivity contribution in [2.24, 2.45) is 0 Å². The number of rotatable bonds is 5. The molecule has 1 N–H and O–H groups in total. The lowest BCUT2D eigenvalue weighted by Crippen LogP contribution is -2.18. The van der Waals surface area contributed by atoms with E-state index in [1.165, 1.54) is 29.9 Å². The first kappa shape index (κ1) is 14.8. The summed E-state index contributed by atoms with van der Waals surface area (Å²) >= 11 is 5.61. The highest BCUT2D eigenvalue weighted by Crippen LogP contribution is 2.18. The first-order valence-corrected chi connectivity index (χ1v) is 7.90. The van der Waals surface area contributed by atoms with Gasteiger partial charge in [-0.3, -0.25) is 4.72 Å². The fourth-order valence-electron chi connectivity index (χ4n) is 1.59. The van der Waals surface area contributed by atoms with E-state index in [4.69, 9.17) is 11.6 Å². The highest BCUT2D eigenvalue weighted by Gasteiger charge is 2.11. The number of sulfonamides is 1. The van der Waals surface area contributed by atoms with Crippen LogP contribution in [-0.4, -0.2) is 24.0 Å². The van der Waals surface area contributed by atoms with Gasteiger partial charge in [0, 0.05) is 6.07 Å². The first-order valence-electron chi connectivity index (χ1n) is 5.87. The van der Waals surface area contributed by atoms with E-state index in [1.807, 2.05) is 0 Å². The number of halogens is 2. The van der Waals surface area contributed by atoms with E-state index >= 15 is 0 Å². The second kappa shape index (κ2) is 5.80. The Morgan fingerprint density at radius 2 is 2.15 bits per heavy atom. The summed E-state index contributed by atoms with van der Waals surface area (Å²) in [6.07, 6.45) is 1.47. The lowest BCUT2D eigenvalue weighted by molar-refractivity contribution is 0.600. The maximum atomic E-state index is 13.4. The van der Waals surface area contributed by atoms with Gasteiger partial charge in [0.2, 0.25) is 10.0 Å². The van der Waals surface area contributed by atoms with E-state index in [0.29, 0.717) is 11.4 Å². The Kier molecular flexibility index (Phi) is 4.29. The van der Waals surface area contributed by atoms with Crippen molar-refractivity contribution in [3.05, 3.63) is 46.9 Å². The van der Waals surface area contributed by atoms with Crippen LogP contribution in [0.2, 0.25) is 5.02 Å². The van der Waals surface area contributed by atoms with Crippen molar-refractivity contribution < 1.29 is 12.8 Å². The number of nitrogens with one attached hydrogen (secondary N) is 1. The minimum absolute atomic E-state index is 0.0340. The molecule has 2 rings (SSSR count). The van der Waals surface area contributed by atoms with Gasteiger partial charge in [0.15, 0.2) is 0 Å². The van der Waals surface area contributed by atoms with Gasteiger partial charge in [-0.25, -0.2) is 17.5 Å². The summed E-state index contributed by atoms with van der Waals surface area (Å²) in [6, 6.07) is 5.94. The summed E-state index contributed by atoms with van der Waals surface area (Å²) in [7, 11) is -3.38. The van der Waals surface area contributed by atoms with E-state index in [2.05, 4.69) is 9.82 Å². The molecule has 0 spiro atoms. The predicted molar refractivity (Wildman–Crippen MR) is 75.8 cm³/mol. The molecule has 0 aliphatic heterocycles. The smallest absolute Gasteiger partial charge is 0.233 e. The standard InChI is InChI=1S/C12H13ClFN3O2S/c1-2-20(18,19)16-12-5-6-15-17(12)8-9-3-4-10(13)11(14)7-9/h3-7,16H,2,8H2,1H3. The molecule has 0 saturated carbocycles. The molecule has 0 fully saturated rings. The van der Waals surface area contributed by atoms with Crippen molar-refractivity contribution in [2.75, 3.05) is 10.5 Å². The van der Waals surface area contributed by atoms with Crippen LogP contribution in [-0.2, 0) is 16.6 Å². The highest BCUT2D eigenvalue weighted by molar-refractivity contribution is 7.92. The summed E-state index contributed by atoms with van der Waals surface area (Å²) in [5.74, 6) is -0.220. The normalized spacial score (nSPS) is 11.6. The minimum atomic E-state index is -3.38. The van der Waals surface area contributed by atoms with Gasteiger partial charge in [-0.15, -0.1) is 0 Å². The average molecular weight is 318 g/mol. The summed E-state index contributed by atoms with van der Waals surface area (Å²) in [4.78, 5) is 0. The highest BCUT2D eigenvalue weighted by atomic mass is 35.5. The molecular formula is C12H13ClFN3O2S. The third kappa shape index (κ3) is 3.49. The SMILES string of the molecule is CCS(=O)(=O)Nc1ccnn1Cc1ccc(Cl)c(F)c1. The Bertz CT molecular complexity index is 715. The van der Waals surface area contributed by atoms with E-state index in [-0.39, 0.29) is 17.3 Å². The van der Waals surface area contributed by atoms with Crippen molar-refractivity contribution in [2.45, 2.75) is 13.5 Å². The lowest BCUT2D eigenvalue weighted by Gasteiger charge is -2.10. The Labute approximate surface area is 121 Å². The molecular weight excluding hydrogens is 305 g/mol. The molecule has 0 unspecified atom stereocenters. The fourth-order valence-corrected chi connectivity index (χ4v) is 2.34. The van der Waals surface area contributed by atoms with E-state index < -0.39 is 15.8 Å². The molecule has 0 aliphatic rings. The molecule has 20 heavy (non-hydrogen) atoms. The molecule has 0 saturated heterocycles. The molecule has 2 aromatic rings. The number of benzene rings is 1. The summed E-state index contributed by atoms with van der Waals surface area (Å²) in [5, 5.41) is 4.06. The Hall–Kier alpha value is -1.60. The van der Waals surface area contributed by atoms with Gasteiger partial charge in [-0.05, 0) is 24.6 Å². The molecule has 0 radical (unpaired) electrons. The molecule has 1 aromatic carbocycles. The zero-order valence-electron chi connectivity index (χ0n) is 10.7. The van der Waals surface area contributed by atoms with Crippen molar-refractivity contribution in [3.63, 3.8) is 0 Å². The van der Waals surface area contributed by atoms with Gasteiger partial charge in [0.05, 0.1) is 23.5 Å². The Balaban J connectivity index is 2.22. The maximum Gasteiger partial charge on any atom is 0.233 e. The molecule has 0 bridgehead atoms. The van der Waals surface area contributed by atoms with Crippen LogP contribution in [0.4, 0.5) is 10.2 Å². The molecule has 0 amide bonds. The molecule has 8 heteroatoms. The first-order chi connectivity index (χ1) is 9.41.